The molecule has 2 aromatic carbocycles. The molecule has 1 saturated heterocycles. The summed E-state index contributed by atoms with van der Waals surface area (Å²) in [5.41, 5.74) is 1.81. The standard InChI is InChI=1S/C18H18ClFN2O/c19-14-6-4-5-13(11-14)18(23)21-16-12-15(20)7-8-17(16)22-9-2-1-3-10-22/h4-8,11-12H,1-3,9-10H2,(H,21,23). The molecule has 120 valence electrons. The Morgan fingerprint density at radius 3 is 2.61 bits per heavy atom. The van der Waals surface area contributed by atoms with Crippen molar-refractivity contribution in [1.29, 1.82) is 0 Å². The van der Waals surface area contributed by atoms with Crippen LogP contribution in [0.4, 0.5) is 15.8 Å². The summed E-state index contributed by atoms with van der Waals surface area (Å²) in [6.07, 6.45) is 3.43. The number of hydrogen-bond donors (Lipinski definition) is 1. The van der Waals surface area contributed by atoms with Gasteiger partial charge in [0.25, 0.3) is 5.91 Å². The second-order valence-electron chi connectivity index (χ2n) is 5.67. The number of piperidine rings is 1. The van der Waals surface area contributed by atoms with Crippen molar-refractivity contribution in [3.8, 4) is 0 Å². The molecule has 1 N–H and O–H groups in total. The first kappa shape index (κ1) is 15.8. The quantitative estimate of drug-likeness (QED) is 0.882. The molecule has 2 aromatic rings. The number of hydrogen-bond acceptors (Lipinski definition) is 2. The lowest BCUT2D eigenvalue weighted by molar-refractivity contribution is 0.102. The Balaban J connectivity index is 1.86. The van der Waals surface area contributed by atoms with Crippen LogP contribution >= 0.6 is 11.6 Å². The van der Waals surface area contributed by atoms with Crippen molar-refractivity contribution < 1.29 is 9.18 Å². The Morgan fingerprint density at radius 2 is 1.87 bits per heavy atom. The van der Waals surface area contributed by atoms with Gasteiger partial charge in [-0.2, -0.15) is 0 Å². The number of anilines is 2. The molecule has 0 aliphatic carbocycles. The minimum Gasteiger partial charge on any atom is -0.370 e. The van der Waals surface area contributed by atoms with E-state index in [2.05, 4.69) is 10.2 Å². The molecule has 3 rings (SSSR count). The molecule has 0 radical (unpaired) electrons. The maximum atomic E-state index is 13.6. The third-order valence-corrected chi connectivity index (χ3v) is 4.23. The van der Waals surface area contributed by atoms with Crippen LogP contribution in [0.25, 0.3) is 0 Å². The zero-order chi connectivity index (χ0) is 16.2. The van der Waals surface area contributed by atoms with Crippen LogP contribution in [0.15, 0.2) is 42.5 Å². The molecule has 1 amide bonds. The molecule has 0 unspecified atom stereocenters. The summed E-state index contributed by atoms with van der Waals surface area (Å²) in [4.78, 5) is 14.6. The molecule has 1 heterocycles. The molecule has 3 nitrogen and oxygen atoms in total. The lowest BCUT2D eigenvalue weighted by Crippen LogP contribution is -2.30. The van der Waals surface area contributed by atoms with Gasteiger partial charge in [0.1, 0.15) is 5.82 Å². The van der Waals surface area contributed by atoms with Crippen molar-refractivity contribution in [3.63, 3.8) is 0 Å². The van der Waals surface area contributed by atoms with Crippen LogP contribution in [-0.4, -0.2) is 19.0 Å². The first-order valence-electron chi connectivity index (χ1n) is 7.75. The fourth-order valence-corrected chi connectivity index (χ4v) is 3.03. The molecule has 0 spiro atoms. The van der Waals surface area contributed by atoms with Gasteiger partial charge in [-0.15, -0.1) is 0 Å². The van der Waals surface area contributed by atoms with Gasteiger partial charge in [-0.05, 0) is 55.7 Å². The molecule has 1 fully saturated rings. The summed E-state index contributed by atoms with van der Waals surface area (Å²) in [5.74, 6) is -0.663. The van der Waals surface area contributed by atoms with Gasteiger partial charge in [0, 0.05) is 23.7 Å². The minimum absolute atomic E-state index is 0.295. The van der Waals surface area contributed by atoms with Crippen LogP contribution in [0, 0.1) is 5.82 Å². The number of nitrogens with zero attached hydrogens (tertiary/aromatic N) is 1. The van der Waals surface area contributed by atoms with Crippen molar-refractivity contribution in [3.05, 3.63) is 58.9 Å². The Kier molecular flexibility index (Phi) is 4.82. The molecule has 23 heavy (non-hydrogen) atoms. The topological polar surface area (TPSA) is 32.3 Å². The molecule has 0 bridgehead atoms. The van der Waals surface area contributed by atoms with E-state index in [1.165, 1.54) is 18.6 Å². The average Bonchev–Trinajstić information content (AvgIpc) is 2.56. The van der Waals surface area contributed by atoms with Crippen molar-refractivity contribution in [2.24, 2.45) is 0 Å². The molecule has 1 aliphatic heterocycles. The molecule has 5 heteroatoms. The van der Waals surface area contributed by atoms with Crippen molar-refractivity contribution in [2.75, 3.05) is 23.3 Å². The minimum atomic E-state index is -0.368. The van der Waals surface area contributed by atoms with Gasteiger partial charge in [-0.1, -0.05) is 17.7 Å². The number of halogens is 2. The van der Waals surface area contributed by atoms with Gasteiger partial charge >= 0.3 is 0 Å². The fraction of sp³-hybridized carbons (Fsp3) is 0.278. The number of carbonyl (C=O) groups excluding carboxylic acids is 1. The van der Waals surface area contributed by atoms with Crippen LogP contribution in [0.2, 0.25) is 5.02 Å². The van der Waals surface area contributed by atoms with E-state index < -0.39 is 0 Å². The first-order valence-corrected chi connectivity index (χ1v) is 8.13. The van der Waals surface area contributed by atoms with E-state index in [0.29, 0.717) is 16.3 Å². The zero-order valence-electron chi connectivity index (χ0n) is 12.7. The van der Waals surface area contributed by atoms with Crippen molar-refractivity contribution >= 4 is 28.9 Å². The second-order valence-corrected chi connectivity index (χ2v) is 6.11. The maximum absolute atomic E-state index is 13.6. The van der Waals surface area contributed by atoms with Gasteiger partial charge in [0.2, 0.25) is 0 Å². The number of rotatable bonds is 3. The molecule has 0 saturated carbocycles. The molecular weight excluding hydrogens is 315 g/mol. The summed E-state index contributed by atoms with van der Waals surface area (Å²) >= 11 is 5.92. The summed E-state index contributed by atoms with van der Waals surface area (Å²) in [7, 11) is 0. The van der Waals surface area contributed by atoms with E-state index in [1.54, 1.807) is 30.3 Å². The van der Waals surface area contributed by atoms with E-state index in [1.807, 2.05) is 0 Å². The Morgan fingerprint density at radius 1 is 1.09 bits per heavy atom. The van der Waals surface area contributed by atoms with Gasteiger partial charge in [0.15, 0.2) is 0 Å². The van der Waals surface area contributed by atoms with Gasteiger partial charge in [-0.25, -0.2) is 4.39 Å². The van der Waals surface area contributed by atoms with Crippen LogP contribution in [0.1, 0.15) is 29.6 Å². The fourth-order valence-electron chi connectivity index (χ4n) is 2.84. The van der Waals surface area contributed by atoms with Crippen molar-refractivity contribution in [2.45, 2.75) is 19.3 Å². The van der Waals surface area contributed by atoms with Crippen LogP contribution in [0.5, 0.6) is 0 Å². The molecule has 0 aromatic heterocycles. The summed E-state index contributed by atoms with van der Waals surface area (Å²) in [5, 5.41) is 3.31. The van der Waals surface area contributed by atoms with Gasteiger partial charge < -0.3 is 10.2 Å². The largest absolute Gasteiger partial charge is 0.370 e. The molecule has 0 atom stereocenters. The number of amides is 1. The highest BCUT2D eigenvalue weighted by Crippen LogP contribution is 2.29. The monoisotopic (exact) mass is 332 g/mol. The number of benzene rings is 2. The predicted octanol–water partition coefficient (Wildman–Crippen LogP) is 4.72. The lowest BCUT2D eigenvalue weighted by Gasteiger charge is -2.30. The normalized spacial score (nSPS) is 14.6. The highest BCUT2D eigenvalue weighted by atomic mass is 35.5. The third kappa shape index (κ3) is 3.82. The van der Waals surface area contributed by atoms with E-state index >= 15 is 0 Å². The molecule has 1 aliphatic rings. The summed E-state index contributed by atoms with van der Waals surface area (Å²) < 4.78 is 13.6. The summed E-state index contributed by atoms with van der Waals surface area (Å²) in [6, 6.07) is 11.2. The van der Waals surface area contributed by atoms with E-state index in [-0.39, 0.29) is 11.7 Å². The van der Waals surface area contributed by atoms with E-state index in [4.69, 9.17) is 11.6 Å². The number of carbonyl (C=O) groups is 1. The predicted molar refractivity (Wildman–Crippen MR) is 91.9 cm³/mol. The first-order chi connectivity index (χ1) is 11.1. The number of nitrogens with one attached hydrogen (secondary N) is 1. The van der Waals surface area contributed by atoms with Crippen LogP contribution in [-0.2, 0) is 0 Å². The highest BCUT2D eigenvalue weighted by Gasteiger charge is 2.17. The van der Waals surface area contributed by atoms with E-state index in [0.717, 1.165) is 31.6 Å². The van der Waals surface area contributed by atoms with Crippen LogP contribution < -0.4 is 10.2 Å². The van der Waals surface area contributed by atoms with Crippen molar-refractivity contribution in [1.82, 2.24) is 0 Å². The Bertz CT molecular complexity index is 714. The van der Waals surface area contributed by atoms with E-state index in [9.17, 15) is 9.18 Å². The average molecular weight is 333 g/mol. The SMILES string of the molecule is O=C(Nc1cc(F)ccc1N1CCCCC1)c1cccc(Cl)c1. The third-order valence-electron chi connectivity index (χ3n) is 3.99. The Hall–Kier alpha value is -2.07. The van der Waals surface area contributed by atoms with Gasteiger partial charge in [0.05, 0.1) is 11.4 Å². The Labute approximate surface area is 140 Å². The smallest absolute Gasteiger partial charge is 0.255 e. The second kappa shape index (κ2) is 7.01. The summed E-state index contributed by atoms with van der Waals surface area (Å²) in [6.45, 7) is 1.84. The molecular formula is C18H18ClFN2O. The maximum Gasteiger partial charge on any atom is 0.255 e. The van der Waals surface area contributed by atoms with Gasteiger partial charge in [-0.3, -0.25) is 4.79 Å². The lowest BCUT2D eigenvalue weighted by atomic mass is 10.1. The zero-order valence-corrected chi connectivity index (χ0v) is 13.4. The van der Waals surface area contributed by atoms with Crippen LogP contribution in [0.3, 0.4) is 0 Å². The highest BCUT2D eigenvalue weighted by molar-refractivity contribution is 6.31.